The maximum absolute atomic E-state index is 13.2. The van der Waals surface area contributed by atoms with Gasteiger partial charge in [0.05, 0.1) is 5.52 Å². The normalized spacial score (nSPS) is 11.0. The van der Waals surface area contributed by atoms with E-state index in [2.05, 4.69) is 4.98 Å². The molecular formula is C16H12F2N2S. The highest BCUT2D eigenvalue weighted by Crippen LogP contribution is 2.29. The number of hydrogen-bond acceptors (Lipinski definition) is 3. The minimum atomic E-state index is -0.834. The molecule has 3 rings (SSSR count). The fraction of sp³-hybridized carbons (Fsp3) is 0.0625. The van der Waals surface area contributed by atoms with Crippen LogP contribution in [0.25, 0.3) is 10.9 Å². The van der Waals surface area contributed by atoms with Crippen LogP contribution in [0.1, 0.15) is 5.56 Å². The summed E-state index contributed by atoms with van der Waals surface area (Å²) in [6.45, 7) is 0. The molecule has 0 saturated carbocycles. The Bertz CT molecular complexity index is 805. The van der Waals surface area contributed by atoms with Crippen molar-refractivity contribution in [2.45, 2.75) is 10.6 Å². The predicted octanol–water partition coefficient (Wildman–Crippen LogP) is 4.39. The van der Waals surface area contributed by atoms with Crippen molar-refractivity contribution in [3.8, 4) is 0 Å². The summed E-state index contributed by atoms with van der Waals surface area (Å²) in [5.74, 6) is -1.06. The molecule has 3 aromatic rings. The average molecular weight is 302 g/mol. The molecule has 0 aliphatic heterocycles. The van der Waals surface area contributed by atoms with Crippen LogP contribution >= 0.6 is 11.8 Å². The molecule has 0 atom stereocenters. The van der Waals surface area contributed by atoms with Gasteiger partial charge in [0.25, 0.3) is 0 Å². The number of halogens is 2. The Morgan fingerprint density at radius 1 is 1.05 bits per heavy atom. The quantitative estimate of drug-likeness (QED) is 0.576. The summed E-state index contributed by atoms with van der Waals surface area (Å²) in [5, 5.41) is 0.904. The predicted molar refractivity (Wildman–Crippen MR) is 82.1 cm³/mol. The summed E-state index contributed by atoms with van der Waals surface area (Å²) in [5.41, 5.74) is 8.46. The molecule has 2 aromatic carbocycles. The van der Waals surface area contributed by atoms with Crippen molar-refractivity contribution >= 4 is 28.4 Å². The number of benzene rings is 2. The van der Waals surface area contributed by atoms with E-state index in [1.807, 2.05) is 24.3 Å². The van der Waals surface area contributed by atoms with Crippen LogP contribution < -0.4 is 5.73 Å². The third-order valence-electron chi connectivity index (χ3n) is 3.17. The van der Waals surface area contributed by atoms with Gasteiger partial charge in [0.1, 0.15) is 0 Å². The molecular weight excluding hydrogens is 290 g/mol. The smallest absolute Gasteiger partial charge is 0.159 e. The Hall–Kier alpha value is -2.14. The minimum absolute atomic E-state index is 0.610. The van der Waals surface area contributed by atoms with E-state index in [1.165, 1.54) is 17.8 Å². The van der Waals surface area contributed by atoms with Crippen LogP contribution in [-0.4, -0.2) is 4.98 Å². The monoisotopic (exact) mass is 302 g/mol. The second-order valence-electron chi connectivity index (χ2n) is 4.58. The third kappa shape index (κ3) is 2.83. The van der Waals surface area contributed by atoms with Crippen molar-refractivity contribution in [1.29, 1.82) is 0 Å². The van der Waals surface area contributed by atoms with E-state index in [1.54, 1.807) is 12.3 Å². The molecule has 0 spiro atoms. The third-order valence-corrected chi connectivity index (χ3v) is 4.21. The summed E-state index contributed by atoms with van der Waals surface area (Å²) < 4.78 is 26.1. The molecule has 21 heavy (non-hydrogen) atoms. The second-order valence-corrected chi connectivity index (χ2v) is 5.63. The van der Waals surface area contributed by atoms with Gasteiger partial charge in [-0.2, -0.15) is 0 Å². The zero-order chi connectivity index (χ0) is 14.8. The van der Waals surface area contributed by atoms with Gasteiger partial charge in [-0.1, -0.05) is 6.07 Å². The summed E-state index contributed by atoms with van der Waals surface area (Å²) >= 11 is 1.43. The van der Waals surface area contributed by atoms with Gasteiger partial charge in [0.2, 0.25) is 0 Å². The van der Waals surface area contributed by atoms with Crippen molar-refractivity contribution in [1.82, 2.24) is 4.98 Å². The Morgan fingerprint density at radius 2 is 1.90 bits per heavy atom. The van der Waals surface area contributed by atoms with Crippen molar-refractivity contribution in [3.63, 3.8) is 0 Å². The van der Waals surface area contributed by atoms with Crippen LogP contribution in [0, 0.1) is 11.6 Å². The lowest BCUT2D eigenvalue weighted by Gasteiger charge is -2.08. The van der Waals surface area contributed by atoms with Crippen LogP contribution in [0.4, 0.5) is 14.5 Å². The Balaban J connectivity index is 1.88. The average Bonchev–Trinajstić information content (AvgIpc) is 2.50. The number of nitrogen functional groups attached to an aromatic ring is 1. The molecule has 0 aliphatic carbocycles. The standard InChI is InChI=1S/C16H12F2N2S/c17-13-5-4-11(8-14(13)18)21-9-10-3-6-15(19)12-2-1-7-20-16(10)12/h1-8H,9,19H2. The fourth-order valence-corrected chi connectivity index (χ4v) is 3.00. The Morgan fingerprint density at radius 3 is 2.71 bits per heavy atom. The van der Waals surface area contributed by atoms with Gasteiger partial charge in [-0.05, 0) is 42.0 Å². The summed E-state index contributed by atoms with van der Waals surface area (Å²) in [4.78, 5) is 5.03. The van der Waals surface area contributed by atoms with E-state index in [0.29, 0.717) is 16.3 Å². The van der Waals surface area contributed by atoms with Crippen LogP contribution in [0.2, 0.25) is 0 Å². The molecule has 106 valence electrons. The molecule has 0 fully saturated rings. The molecule has 0 radical (unpaired) electrons. The van der Waals surface area contributed by atoms with Crippen molar-refractivity contribution in [2.24, 2.45) is 0 Å². The highest BCUT2D eigenvalue weighted by atomic mass is 32.2. The zero-order valence-corrected chi connectivity index (χ0v) is 11.8. The number of nitrogens with two attached hydrogens (primary N) is 1. The SMILES string of the molecule is Nc1ccc(CSc2ccc(F)c(F)c2)c2ncccc12. The number of fused-ring (bicyclic) bond motifs is 1. The number of nitrogens with zero attached hydrogens (tertiary/aromatic N) is 1. The van der Waals surface area contributed by atoms with Crippen molar-refractivity contribution < 1.29 is 8.78 Å². The lowest BCUT2D eigenvalue weighted by Crippen LogP contribution is -1.93. The first-order valence-electron chi connectivity index (χ1n) is 6.35. The van der Waals surface area contributed by atoms with Gasteiger partial charge < -0.3 is 5.73 Å². The second kappa shape index (κ2) is 5.69. The number of hydrogen-bond donors (Lipinski definition) is 1. The summed E-state index contributed by atoms with van der Waals surface area (Å²) in [6.07, 6.45) is 1.72. The number of aromatic nitrogens is 1. The van der Waals surface area contributed by atoms with Crippen molar-refractivity contribution in [3.05, 3.63) is 65.9 Å². The lowest BCUT2D eigenvalue weighted by atomic mass is 10.1. The molecule has 2 nitrogen and oxygen atoms in total. The Kier molecular flexibility index (Phi) is 3.75. The van der Waals surface area contributed by atoms with E-state index < -0.39 is 11.6 Å². The van der Waals surface area contributed by atoms with Gasteiger partial charge in [-0.15, -0.1) is 11.8 Å². The Labute approximate surface area is 125 Å². The van der Waals surface area contributed by atoms with Crippen LogP contribution in [0.3, 0.4) is 0 Å². The molecule has 5 heteroatoms. The van der Waals surface area contributed by atoms with E-state index in [9.17, 15) is 8.78 Å². The van der Waals surface area contributed by atoms with Crippen LogP contribution in [0.5, 0.6) is 0 Å². The molecule has 0 aliphatic rings. The van der Waals surface area contributed by atoms with Crippen LogP contribution in [0.15, 0.2) is 53.6 Å². The number of anilines is 1. The molecule has 1 heterocycles. The summed E-state index contributed by atoms with van der Waals surface area (Å²) in [7, 11) is 0. The molecule has 2 N–H and O–H groups in total. The van der Waals surface area contributed by atoms with E-state index in [0.717, 1.165) is 22.5 Å². The minimum Gasteiger partial charge on any atom is -0.398 e. The fourth-order valence-electron chi connectivity index (χ4n) is 2.10. The number of pyridine rings is 1. The van der Waals surface area contributed by atoms with Gasteiger partial charge >= 0.3 is 0 Å². The van der Waals surface area contributed by atoms with Gasteiger partial charge in [0, 0.05) is 27.9 Å². The van der Waals surface area contributed by atoms with E-state index in [4.69, 9.17) is 5.73 Å². The maximum atomic E-state index is 13.2. The topological polar surface area (TPSA) is 38.9 Å². The largest absolute Gasteiger partial charge is 0.398 e. The van der Waals surface area contributed by atoms with E-state index >= 15 is 0 Å². The maximum Gasteiger partial charge on any atom is 0.159 e. The van der Waals surface area contributed by atoms with Crippen molar-refractivity contribution in [2.75, 3.05) is 5.73 Å². The zero-order valence-electron chi connectivity index (χ0n) is 11.0. The van der Waals surface area contributed by atoms with Gasteiger partial charge in [-0.25, -0.2) is 8.78 Å². The first kappa shape index (κ1) is 13.8. The molecule has 0 amide bonds. The lowest BCUT2D eigenvalue weighted by molar-refractivity contribution is 0.506. The molecule has 0 saturated heterocycles. The first-order valence-corrected chi connectivity index (χ1v) is 7.33. The highest BCUT2D eigenvalue weighted by molar-refractivity contribution is 7.98. The van der Waals surface area contributed by atoms with Gasteiger partial charge in [0.15, 0.2) is 11.6 Å². The highest BCUT2D eigenvalue weighted by Gasteiger charge is 2.07. The van der Waals surface area contributed by atoms with E-state index in [-0.39, 0.29) is 0 Å². The molecule has 0 unspecified atom stereocenters. The first-order chi connectivity index (χ1) is 10.1. The molecule has 1 aromatic heterocycles. The van der Waals surface area contributed by atoms with Gasteiger partial charge in [-0.3, -0.25) is 4.98 Å². The van der Waals surface area contributed by atoms with Crippen LogP contribution in [-0.2, 0) is 5.75 Å². The molecule has 0 bridgehead atoms. The number of rotatable bonds is 3. The number of thioether (sulfide) groups is 1. The summed E-state index contributed by atoms with van der Waals surface area (Å²) in [6, 6.07) is 11.4.